The first-order chi connectivity index (χ1) is 9.25. The molecule has 4 heteroatoms. The summed E-state index contributed by atoms with van der Waals surface area (Å²) in [6, 6.07) is 8.04. The monoisotopic (exact) mass is 260 g/mol. The molecule has 19 heavy (non-hydrogen) atoms. The Balaban J connectivity index is 1.71. The van der Waals surface area contributed by atoms with E-state index in [0.29, 0.717) is 12.0 Å². The maximum atomic E-state index is 12.0. The molecule has 102 valence electrons. The molecule has 1 amide bonds. The Kier molecular flexibility index (Phi) is 3.42. The van der Waals surface area contributed by atoms with E-state index in [-0.39, 0.29) is 12.5 Å². The molecule has 4 nitrogen and oxygen atoms in total. The minimum Gasteiger partial charge on any atom is -0.482 e. The third-order valence-corrected chi connectivity index (χ3v) is 4.25. The summed E-state index contributed by atoms with van der Waals surface area (Å²) >= 11 is 0. The first-order valence-corrected chi connectivity index (χ1v) is 7.03. The summed E-state index contributed by atoms with van der Waals surface area (Å²) in [5, 5.41) is 0. The Morgan fingerprint density at radius 3 is 2.95 bits per heavy atom. The molecule has 0 radical (unpaired) electrons. The minimum absolute atomic E-state index is 0.0465. The van der Waals surface area contributed by atoms with Crippen LogP contribution in [0.15, 0.2) is 24.3 Å². The summed E-state index contributed by atoms with van der Waals surface area (Å²) in [5.41, 5.74) is 6.99. The summed E-state index contributed by atoms with van der Waals surface area (Å²) in [6.45, 7) is 0.894. The molecule has 1 aliphatic carbocycles. The Labute approximate surface area is 113 Å². The third-order valence-electron chi connectivity index (χ3n) is 4.25. The summed E-state index contributed by atoms with van der Waals surface area (Å²) in [4.78, 5) is 13.9. The Bertz CT molecular complexity index is 475. The van der Waals surface area contributed by atoms with Gasteiger partial charge in [0.15, 0.2) is 6.61 Å². The van der Waals surface area contributed by atoms with Crippen molar-refractivity contribution in [1.29, 1.82) is 0 Å². The fourth-order valence-electron chi connectivity index (χ4n) is 3.12. The highest BCUT2D eigenvalue weighted by Crippen LogP contribution is 2.33. The summed E-state index contributed by atoms with van der Waals surface area (Å²) in [5.74, 6) is 1.41. The van der Waals surface area contributed by atoms with Crippen molar-refractivity contribution in [2.45, 2.75) is 31.7 Å². The average molecular weight is 260 g/mol. The first kappa shape index (κ1) is 12.5. The van der Waals surface area contributed by atoms with E-state index in [1.165, 1.54) is 12.8 Å². The highest BCUT2D eigenvalue weighted by molar-refractivity contribution is 5.97. The van der Waals surface area contributed by atoms with Gasteiger partial charge in [-0.15, -0.1) is 0 Å². The number of benzene rings is 1. The van der Waals surface area contributed by atoms with Gasteiger partial charge in [0, 0.05) is 12.6 Å². The standard InChI is InChI=1S/C15H20N2O2/c16-12-5-3-4-11(12)8-9-17-13-6-1-2-7-14(13)19-10-15(17)18/h1-2,6-7,11-12H,3-5,8-10,16H2. The molecule has 1 aromatic rings. The Morgan fingerprint density at radius 2 is 2.16 bits per heavy atom. The average Bonchev–Trinajstić information content (AvgIpc) is 2.83. The molecule has 0 aromatic heterocycles. The van der Waals surface area contributed by atoms with Crippen LogP contribution in [0.3, 0.4) is 0 Å². The summed E-state index contributed by atoms with van der Waals surface area (Å²) < 4.78 is 5.44. The van der Waals surface area contributed by atoms with Crippen LogP contribution in [-0.2, 0) is 4.79 Å². The number of para-hydroxylation sites is 2. The third kappa shape index (κ3) is 2.45. The van der Waals surface area contributed by atoms with E-state index in [1.807, 2.05) is 29.2 Å². The van der Waals surface area contributed by atoms with Gasteiger partial charge in [-0.1, -0.05) is 18.6 Å². The molecule has 2 unspecified atom stereocenters. The topological polar surface area (TPSA) is 55.6 Å². The van der Waals surface area contributed by atoms with Gasteiger partial charge in [0.1, 0.15) is 5.75 Å². The molecule has 1 heterocycles. The molecule has 0 spiro atoms. The number of rotatable bonds is 3. The highest BCUT2D eigenvalue weighted by atomic mass is 16.5. The molecule has 2 N–H and O–H groups in total. The van der Waals surface area contributed by atoms with Crippen LogP contribution in [0.1, 0.15) is 25.7 Å². The van der Waals surface area contributed by atoms with E-state index in [2.05, 4.69) is 0 Å². The number of amides is 1. The molecule has 2 atom stereocenters. The van der Waals surface area contributed by atoms with Crippen molar-refractivity contribution in [2.24, 2.45) is 11.7 Å². The lowest BCUT2D eigenvalue weighted by Gasteiger charge is -2.30. The zero-order valence-corrected chi connectivity index (χ0v) is 11.0. The van der Waals surface area contributed by atoms with E-state index in [9.17, 15) is 4.79 Å². The molecular formula is C15H20N2O2. The van der Waals surface area contributed by atoms with Crippen molar-refractivity contribution < 1.29 is 9.53 Å². The van der Waals surface area contributed by atoms with Crippen LogP contribution in [0, 0.1) is 5.92 Å². The van der Waals surface area contributed by atoms with Gasteiger partial charge in [0.2, 0.25) is 0 Å². The predicted molar refractivity (Wildman–Crippen MR) is 74.2 cm³/mol. The second-order valence-corrected chi connectivity index (χ2v) is 5.45. The van der Waals surface area contributed by atoms with Crippen LogP contribution in [0.25, 0.3) is 0 Å². The van der Waals surface area contributed by atoms with E-state index in [4.69, 9.17) is 10.5 Å². The number of nitrogens with zero attached hydrogens (tertiary/aromatic N) is 1. The van der Waals surface area contributed by atoms with Gasteiger partial charge in [0.25, 0.3) is 5.91 Å². The number of anilines is 1. The van der Waals surface area contributed by atoms with Gasteiger partial charge >= 0.3 is 0 Å². The van der Waals surface area contributed by atoms with E-state index in [0.717, 1.165) is 30.8 Å². The van der Waals surface area contributed by atoms with E-state index < -0.39 is 0 Å². The lowest BCUT2D eigenvalue weighted by Crippen LogP contribution is -2.40. The molecular weight excluding hydrogens is 240 g/mol. The molecule has 0 saturated heterocycles. The van der Waals surface area contributed by atoms with Gasteiger partial charge in [-0.3, -0.25) is 4.79 Å². The number of ether oxygens (including phenoxy) is 1. The molecule has 1 aromatic carbocycles. The maximum absolute atomic E-state index is 12.0. The lowest BCUT2D eigenvalue weighted by atomic mass is 9.99. The van der Waals surface area contributed by atoms with Crippen LogP contribution in [0.4, 0.5) is 5.69 Å². The quantitative estimate of drug-likeness (QED) is 0.903. The molecule has 2 aliphatic rings. The van der Waals surface area contributed by atoms with Crippen LogP contribution < -0.4 is 15.4 Å². The minimum atomic E-state index is 0.0465. The second kappa shape index (κ2) is 5.21. The summed E-state index contributed by atoms with van der Waals surface area (Å²) in [7, 11) is 0. The molecule has 3 rings (SSSR count). The van der Waals surface area contributed by atoms with Crippen molar-refractivity contribution in [2.75, 3.05) is 18.1 Å². The zero-order valence-electron chi connectivity index (χ0n) is 11.0. The molecule has 1 saturated carbocycles. The Hall–Kier alpha value is -1.55. The van der Waals surface area contributed by atoms with Crippen molar-refractivity contribution in [3.05, 3.63) is 24.3 Å². The Morgan fingerprint density at radius 1 is 1.32 bits per heavy atom. The van der Waals surface area contributed by atoms with Crippen LogP contribution in [0.5, 0.6) is 5.75 Å². The van der Waals surface area contributed by atoms with Crippen molar-refractivity contribution >= 4 is 11.6 Å². The second-order valence-electron chi connectivity index (χ2n) is 5.45. The highest BCUT2D eigenvalue weighted by Gasteiger charge is 2.28. The van der Waals surface area contributed by atoms with E-state index >= 15 is 0 Å². The maximum Gasteiger partial charge on any atom is 0.265 e. The van der Waals surface area contributed by atoms with Crippen LogP contribution in [0.2, 0.25) is 0 Å². The smallest absolute Gasteiger partial charge is 0.265 e. The first-order valence-electron chi connectivity index (χ1n) is 7.03. The lowest BCUT2D eigenvalue weighted by molar-refractivity contribution is -0.121. The fraction of sp³-hybridized carbons (Fsp3) is 0.533. The van der Waals surface area contributed by atoms with Gasteiger partial charge < -0.3 is 15.4 Å². The largest absolute Gasteiger partial charge is 0.482 e. The zero-order chi connectivity index (χ0) is 13.2. The van der Waals surface area contributed by atoms with Crippen molar-refractivity contribution in [1.82, 2.24) is 0 Å². The number of fused-ring (bicyclic) bond motifs is 1. The number of carbonyl (C=O) groups is 1. The molecule has 1 aliphatic heterocycles. The normalized spacial score (nSPS) is 26.2. The van der Waals surface area contributed by atoms with Crippen molar-refractivity contribution in [3.63, 3.8) is 0 Å². The van der Waals surface area contributed by atoms with Gasteiger partial charge in [-0.25, -0.2) is 0 Å². The SMILES string of the molecule is NC1CCCC1CCN1C(=O)COc2ccccc21. The van der Waals surface area contributed by atoms with Gasteiger partial charge in [-0.05, 0) is 37.3 Å². The van der Waals surface area contributed by atoms with E-state index in [1.54, 1.807) is 0 Å². The van der Waals surface area contributed by atoms with Crippen LogP contribution >= 0.6 is 0 Å². The van der Waals surface area contributed by atoms with Crippen LogP contribution in [-0.4, -0.2) is 25.1 Å². The van der Waals surface area contributed by atoms with Crippen molar-refractivity contribution in [3.8, 4) is 5.75 Å². The number of carbonyl (C=O) groups excluding carboxylic acids is 1. The van der Waals surface area contributed by atoms with Gasteiger partial charge in [0.05, 0.1) is 5.69 Å². The number of hydrogen-bond donors (Lipinski definition) is 1. The summed E-state index contributed by atoms with van der Waals surface area (Å²) in [6.07, 6.45) is 4.53. The van der Waals surface area contributed by atoms with Gasteiger partial charge in [-0.2, -0.15) is 0 Å². The molecule has 1 fully saturated rings. The molecule has 0 bridgehead atoms. The number of hydrogen-bond acceptors (Lipinski definition) is 3. The fourth-order valence-corrected chi connectivity index (χ4v) is 3.12. The predicted octanol–water partition coefficient (Wildman–Crippen LogP) is 1.93. The number of nitrogens with two attached hydrogens (primary N) is 1.